The second-order valence-corrected chi connectivity index (χ2v) is 8.96. The zero-order valence-corrected chi connectivity index (χ0v) is 18.1. The summed E-state index contributed by atoms with van der Waals surface area (Å²) in [5.74, 6) is 0. The normalized spacial score (nSPS) is 15.1. The molecule has 1 aromatic heterocycles. The van der Waals surface area contributed by atoms with Crippen molar-refractivity contribution in [1.82, 2.24) is 10.3 Å². The summed E-state index contributed by atoms with van der Waals surface area (Å²) in [7, 11) is -1.13. The summed E-state index contributed by atoms with van der Waals surface area (Å²) in [6.45, 7) is 8.82. The Labute approximate surface area is 175 Å². The van der Waals surface area contributed by atoms with Gasteiger partial charge in [0.05, 0.1) is 37.7 Å². The molecule has 0 bridgehead atoms. The molecular weight excluding hydrogens is 378 g/mol. The predicted octanol–water partition coefficient (Wildman–Crippen LogP) is 4.80. The first kappa shape index (κ1) is 19.8. The highest BCUT2D eigenvalue weighted by atomic mass is 32.2. The summed E-state index contributed by atoms with van der Waals surface area (Å²) in [6, 6.07) is 18.3. The van der Waals surface area contributed by atoms with Gasteiger partial charge in [0.25, 0.3) is 0 Å². The van der Waals surface area contributed by atoms with Gasteiger partial charge < -0.3 is 10.2 Å². The summed E-state index contributed by atoms with van der Waals surface area (Å²) in [6.07, 6.45) is 0.986. The minimum absolute atomic E-state index is 0.775. The molecule has 4 rings (SSSR count). The Morgan fingerprint density at radius 1 is 0.966 bits per heavy atom. The van der Waals surface area contributed by atoms with Gasteiger partial charge in [-0.15, -0.1) is 0 Å². The molecule has 2 heterocycles. The molecular formula is C24H27N3OS. The van der Waals surface area contributed by atoms with Crippen LogP contribution in [0.2, 0.25) is 0 Å². The van der Waals surface area contributed by atoms with Crippen LogP contribution in [0.1, 0.15) is 28.9 Å². The average Bonchev–Trinajstić information content (AvgIpc) is 2.72. The Morgan fingerprint density at radius 2 is 1.79 bits per heavy atom. The zero-order valence-electron chi connectivity index (χ0n) is 17.2. The number of aromatic nitrogens is 1. The highest BCUT2D eigenvalue weighted by Gasteiger charge is 2.29. The topological polar surface area (TPSA) is 45.2 Å². The summed E-state index contributed by atoms with van der Waals surface area (Å²) in [5.41, 5.74) is 6.73. The molecule has 0 radical (unpaired) electrons. The van der Waals surface area contributed by atoms with Crippen molar-refractivity contribution in [1.29, 1.82) is 0 Å². The maximum atomic E-state index is 13.1. The fraction of sp³-hybridized carbons (Fsp3) is 0.292. The highest BCUT2D eigenvalue weighted by Crippen LogP contribution is 2.44. The van der Waals surface area contributed by atoms with Crippen molar-refractivity contribution in [2.24, 2.45) is 0 Å². The average molecular weight is 406 g/mol. The number of aryl methyl sites for hydroxylation is 2. The molecule has 0 amide bonds. The summed E-state index contributed by atoms with van der Waals surface area (Å²) in [4.78, 5) is 8.71. The molecule has 0 spiro atoms. The molecule has 29 heavy (non-hydrogen) atoms. The summed E-state index contributed by atoms with van der Waals surface area (Å²) >= 11 is 0. The van der Waals surface area contributed by atoms with E-state index < -0.39 is 10.8 Å². The van der Waals surface area contributed by atoms with Crippen molar-refractivity contribution in [3.8, 4) is 0 Å². The highest BCUT2D eigenvalue weighted by molar-refractivity contribution is 7.85. The standard InChI is InChI=1S/C24H27N3OS/c1-17-12-13-23-24(19(17)3)27(21-10-4-5-11-22(21)29(23)28)15-7-14-25-16-20-9-6-8-18(2)26-20/h4-6,8-13,25H,7,14-16H2,1-3H3. The third-order valence-corrected chi connectivity index (χ3v) is 6.95. The Balaban J connectivity index is 1.50. The number of nitrogens with zero attached hydrogens (tertiary/aromatic N) is 2. The van der Waals surface area contributed by atoms with Gasteiger partial charge in [0, 0.05) is 18.8 Å². The number of benzene rings is 2. The maximum absolute atomic E-state index is 13.1. The molecule has 5 heteroatoms. The van der Waals surface area contributed by atoms with E-state index >= 15 is 0 Å². The van der Waals surface area contributed by atoms with E-state index in [-0.39, 0.29) is 0 Å². The first-order valence-corrected chi connectivity index (χ1v) is 11.2. The van der Waals surface area contributed by atoms with Crippen LogP contribution in [0.3, 0.4) is 0 Å². The van der Waals surface area contributed by atoms with Crippen LogP contribution in [0.15, 0.2) is 64.4 Å². The third kappa shape index (κ3) is 3.98. The second-order valence-electron chi connectivity index (χ2n) is 7.54. The lowest BCUT2D eigenvalue weighted by molar-refractivity contribution is 0.638. The van der Waals surface area contributed by atoms with Gasteiger partial charge in [-0.1, -0.05) is 24.3 Å². The maximum Gasteiger partial charge on any atom is 0.0892 e. The second kappa shape index (κ2) is 8.47. The van der Waals surface area contributed by atoms with E-state index in [1.54, 1.807) is 0 Å². The van der Waals surface area contributed by atoms with Crippen molar-refractivity contribution in [2.45, 2.75) is 43.5 Å². The van der Waals surface area contributed by atoms with Gasteiger partial charge in [0.2, 0.25) is 0 Å². The summed E-state index contributed by atoms with van der Waals surface area (Å²) < 4.78 is 13.1. The number of nitrogens with one attached hydrogen (secondary N) is 1. The van der Waals surface area contributed by atoms with Crippen molar-refractivity contribution >= 4 is 22.2 Å². The van der Waals surface area contributed by atoms with Gasteiger partial charge in [0.1, 0.15) is 0 Å². The molecule has 3 aromatic rings. The summed E-state index contributed by atoms with van der Waals surface area (Å²) in [5, 5.41) is 3.50. The van der Waals surface area contributed by atoms with Gasteiger partial charge in [-0.05, 0) is 75.2 Å². The number of anilines is 2. The monoisotopic (exact) mass is 405 g/mol. The van der Waals surface area contributed by atoms with Crippen LogP contribution in [-0.2, 0) is 17.3 Å². The Morgan fingerprint density at radius 3 is 2.62 bits per heavy atom. The van der Waals surface area contributed by atoms with Gasteiger partial charge >= 0.3 is 0 Å². The van der Waals surface area contributed by atoms with Crippen LogP contribution in [-0.4, -0.2) is 22.3 Å². The number of hydrogen-bond donors (Lipinski definition) is 1. The van der Waals surface area contributed by atoms with E-state index in [1.807, 2.05) is 43.3 Å². The van der Waals surface area contributed by atoms with Crippen LogP contribution in [0.4, 0.5) is 11.4 Å². The molecule has 1 unspecified atom stereocenters. The lowest BCUT2D eigenvalue weighted by atomic mass is 10.1. The molecule has 150 valence electrons. The van der Waals surface area contributed by atoms with E-state index in [2.05, 4.69) is 47.2 Å². The first-order chi connectivity index (χ1) is 14.1. The van der Waals surface area contributed by atoms with Crippen LogP contribution in [0.5, 0.6) is 0 Å². The number of fused-ring (bicyclic) bond motifs is 2. The number of pyridine rings is 1. The minimum atomic E-state index is -1.13. The molecule has 2 aromatic carbocycles. The molecule has 1 aliphatic heterocycles. The SMILES string of the molecule is Cc1cccc(CNCCCN2c3ccccc3S(=O)c3ccc(C)c(C)c32)n1. The van der Waals surface area contributed by atoms with Crippen molar-refractivity contribution in [3.05, 3.63) is 77.1 Å². The van der Waals surface area contributed by atoms with Gasteiger partial charge in [0.15, 0.2) is 0 Å². The fourth-order valence-corrected chi connectivity index (χ4v) is 5.28. The largest absolute Gasteiger partial charge is 0.339 e. The van der Waals surface area contributed by atoms with Crippen molar-refractivity contribution in [2.75, 3.05) is 18.0 Å². The molecule has 0 aliphatic carbocycles. The molecule has 1 N–H and O–H groups in total. The van der Waals surface area contributed by atoms with Crippen molar-refractivity contribution in [3.63, 3.8) is 0 Å². The molecule has 0 fully saturated rings. The van der Waals surface area contributed by atoms with Gasteiger partial charge in [-0.3, -0.25) is 4.98 Å². The molecule has 4 nitrogen and oxygen atoms in total. The fourth-order valence-electron chi connectivity index (χ4n) is 3.85. The minimum Gasteiger partial charge on any atom is -0.339 e. The number of hydrogen-bond acceptors (Lipinski definition) is 4. The lowest BCUT2D eigenvalue weighted by Gasteiger charge is -2.34. The van der Waals surface area contributed by atoms with Crippen molar-refractivity contribution < 1.29 is 4.21 Å². The molecule has 1 atom stereocenters. The lowest BCUT2D eigenvalue weighted by Crippen LogP contribution is -2.28. The van der Waals surface area contributed by atoms with Crippen LogP contribution < -0.4 is 10.2 Å². The van der Waals surface area contributed by atoms with Gasteiger partial charge in [-0.2, -0.15) is 0 Å². The Kier molecular flexibility index (Phi) is 5.79. The van der Waals surface area contributed by atoms with Crippen LogP contribution in [0.25, 0.3) is 0 Å². The van der Waals surface area contributed by atoms with Crippen LogP contribution in [0, 0.1) is 20.8 Å². The quantitative estimate of drug-likeness (QED) is 0.598. The van der Waals surface area contributed by atoms with E-state index in [9.17, 15) is 4.21 Å². The van der Waals surface area contributed by atoms with Crippen LogP contribution >= 0.6 is 0 Å². The first-order valence-electron chi connectivity index (χ1n) is 10.1. The third-order valence-electron chi connectivity index (χ3n) is 5.48. The predicted molar refractivity (Wildman–Crippen MR) is 119 cm³/mol. The van der Waals surface area contributed by atoms with Gasteiger partial charge in [-0.25, -0.2) is 4.21 Å². The van der Waals surface area contributed by atoms with E-state index in [1.165, 1.54) is 11.1 Å². The van der Waals surface area contributed by atoms with E-state index in [0.29, 0.717) is 0 Å². The van der Waals surface area contributed by atoms with E-state index in [0.717, 1.165) is 58.6 Å². The Bertz CT molecular complexity index is 1060. The van der Waals surface area contributed by atoms with E-state index in [4.69, 9.17) is 0 Å². The number of rotatable bonds is 6. The smallest absolute Gasteiger partial charge is 0.0892 e. The number of para-hydroxylation sites is 1. The zero-order chi connectivity index (χ0) is 20.4. The Hall–Kier alpha value is -2.50. The molecule has 0 saturated carbocycles. The molecule has 0 saturated heterocycles. The molecule has 1 aliphatic rings.